The Hall–Kier alpha value is -1.89. The van der Waals surface area contributed by atoms with Gasteiger partial charge in [0, 0.05) is 11.8 Å². The van der Waals surface area contributed by atoms with E-state index in [2.05, 4.69) is 23.1 Å². The molecular weight excluding hydrogens is 302 g/mol. The zero-order valence-corrected chi connectivity index (χ0v) is 13.8. The van der Waals surface area contributed by atoms with Crippen molar-refractivity contribution in [3.05, 3.63) is 21.4 Å². The molecule has 3 N–H and O–H groups in total. The second-order valence-electron chi connectivity index (χ2n) is 5.77. The highest BCUT2D eigenvalue weighted by molar-refractivity contribution is 7.14. The summed E-state index contributed by atoms with van der Waals surface area (Å²) in [5.41, 5.74) is 5.96. The Morgan fingerprint density at radius 3 is 2.73 bits per heavy atom. The fourth-order valence-electron chi connectivity index (χ4n) is 2.48. The zero-order chi connectivity index (χ0) is 16.3. The number of hydrazine groups is 1. The van der Waals surface area contributed by atoms with E-state index in [1.165, 1.54) is 28.7 Å². The maximum atomic E-state index is 12.1. The van der Waals surface area contributed by atoms with Crippen molar-refractivity contribution in [3.63, 3.8) is 0 Å². The van der Waals surface area contributed by atoms with Crippen LogP contribution in [0.25, 0.3) is 0 Å². The molecule has 2 rings (SSSR count). The molecule has 0 bridgehead atoms. The third-order valence-corrected chi connectivity index (χ3v) is 4.90. The molecule has 120 valence electrons. The summed E-state index contributed by atoms with van der Waals surface area (Å²) in [6, 6.07) is 1.21. The van der Waals surface area contributed by atoms with Crippen molar-refractivity contribution in [2.45, 2.75) is 46.1 Å². The van der Waals surface area contributed by atoms with Crippen molar-refractivity contribution >= 4 is 29.1 Å². The highest BCUT2D eigenvalue weighted by Gasteiger charge is 2.21. The van der Waals surface area contributed by atoms with Crippen molar-refractivity contribution in [3.8, 4) is 0 Å². The van der Waals surface area contributed by atoms with Crippen LogP contribution in [0.3, 0.4) is 0 Å². The molecule has 3 amide bonds. The third kappa shape index (κ3) is 4.07. The predicted molar refractivity (Wildman–Crippen MR) is 84.4 cm³/mol. The highest BCUT2D eigenvalue weighted by atomic mass is 32.1. The smallest absolute Gasteiger partial charge is 0.279 e. The summed E-state index contributed by atoms with van der Waals surface area (Å²) in [6.07, 6.45) is 3.17. The lowest BCUT2D eigenvalue weighted by molar-refractivity contribution is -0.128. The van der Waals surface area contributed by atoms with E-state index in [-0.39, 0.29) is 11.8 Å². The maximum Gasteiger partial charge on any atom is 0.279 e. The first-order valence-electron chi connectivity index (χ1n) is 7.35. The molecule has 2 atom stereocenters. The minimum atomic E-state index is -0.699. The second-order valence-corrected chi connectivity index (χ2v) is 6.91. The minimum absolute atomic E-state index is 0.297. The van der Waals surface area contributed by atoms with Crippen LogP contribution in [0, 0.1) is 5.92 Å². The van der Waals surface area contributed by atoms with E-state index in [4.69, 9.17) is 0 Å². The van der Waals surface area contributed by atoms with Gasteiger partial charge in [-0.3, -0.25) is 25.2 Å². The number of hydrogen-bond acceptors (Lipinski definition) is 4. The van der Waals surface area contributed by atoms with Crippen LogP contribution in [0.4, 0.5) is 0 Å². The molecule has 0 saturated carbocycles. The Morgan fingerprint density at radius 1 is 1.32 bits per heavy atom. The van der Waals surface area contributed by atoms with Gasteiger partial charge in [-0.05, 0) is 43.7 Å². The molecule has 1 aliphatic carbocycles. The van der Waals surface area contributed by atoms with Gasteiger partial charge in [0.2, 0.25) is 5.91 Å². The lowest BCUT2D eigenvalue weighted by Gasteiger charge is -2.16. The van der Waals surface area contributed by atoms with Crippen LogP contribution in [0.2, 0.25) is 0 Å². The Kier molecular flexibility index (Phi) is 5.18. The van der Waals surface area contributed by atoms with Gasteiger partial charge in [-0.15, -0.1) is 11.3 Å². The monoisotopic (exact) mass is 323 g/mol. The van der Waals surface area contributed by atoms with Crippen LogP contribution in [-0.2, 0) is 22.4 Å². The summed E-state index contributed by atoms with van der Waals surface area (Å²) >= 11 is 1.48. The second kappa shape index (κ2) is 6.91. The Morgan fingerprint density at radius 2 is 2.05 bits per heavy atom. The number of aryl methyl sites for hydroxylation is 1. The van der Waals surface area contributed by atoms with Crippen LogP contribution in [0.15, 0.2) is 6.07 Å². The van der Waals surface area contributed by atoms with E-state index < -0.39 is 11.9 Å². The number of rotatable bonds is 3. The molecule has 0 spiro atoms. The highest BCUT2D eigenvalue weighted by Crippen LogP contribution is 2.31. The van der Waals surface area contributed by atoms with Gasteiger partial charge in [0.25, 0.3) is 11.8 Å². The molecule has 1 aromatic heterocycles. The topological polar surface area (TPSA) is 87.3 Å². The molecule has 0 aliphatic heterocycles. The molecule has 7 heteroatoms. The molecule has 0 aromatic carbocycles. The summed E-state index contributed by atoms with van der Waals surface area (Å²) in [5.74, 6) is -0.431. The van der Waals surface area contributed by atoms with Gasteiger partial charge in [0.15, 0.2) is 0 Å². The average molecular weight is 323 g/mol. The van der Waals surface area contributed by atoms with E-state index in [9.17, 15) is 14.4 Å². The number of fused-ring (bicyclic) bond motifs is 1. The first-order valence-corrected chi connectivity index (χ1v) is 8.17. The Bertz CT molecular complexity index is 597. The van der Waals surface area contributed by atoms with E-state index in [0.29, 0.717) is 10.8 Å². The molecular formula is C15H21N3O3S. The van der Waals surface area contributed by atoms with Crippen LogP contribution < -0.4 is 16.2 Å². The van der Waals surface area contributed by atoms with E-state index in [1.807, 2.05) is 6.07 Å². The molecule has 1 heterocycles. The van der Waals surface area contributed by atoms with Crippen molar-refractivity contribution in [2.75, 3.05) is 0 Å². The molecule has 0 saturated heterocycles. The minimum Gasteiger partial charge on any atom is -0.345 e. The number of thiophene rings is 1. The largest absolute Gasteiger partial charge is 0.345 e. The first-order chi connectivity index (χ1) is 10.4. The van der Waals surface area contributed by atoms with E-state index in [0.717, 1.165) is 19.3 Å². The zero-order valence-electron chi connectivity index (χ0n) is 13.0. The molecule has 1 aliphatic rings. The average Bonchev–Trinajstić information content (AvgIpc) is 2.86. The Labute approximate surface area is 133 Å². The fraction of sp³-hybridized carbons (Fsp3) is 0.533. The summed E-state index contributed by atoms with van der Waals surface area (Å²) < 4.78 is 0. The van der Waals surface area contributed by atoms with Gasteiger partial charge in [-0.2, -0.15) is 0 Å². The van der Waals surface area contributed by atoms with Gasteiger partial charge in [0.05, 0.1) is 4.88 Å². The van der Waals surface area contributed by atoms with Crippen molar-refractivity contribution < 1.29 is 14.4 Å². The molecule has 2 unspecified atom stereocenters. The van der Waals surface area contributed by atoms with E-state index in [1.54, 1.807) is 6.92 Å². The lowest BCUT2D eigenvalue weighted by Crippen LogP contribution is -2.50. The van der Waals surface area contributed by atoms with Crippen molar-refractivity contribution in [1.82, 2.24) is 16.2 Å². The van der Waals surface area contributed by atoms with Crippen LogP contribution in [0.5, 0.6) is 0 Å². The first kappa shape index (κ1) is 16.5. The molecule has 0 fully saturated rings. The van der Waals surface area contributed by atoms with Gasteiger partial charge in [0.1, 0.15) is 6.04 Å². The summed E-state index contributed by atoms with van der Waals surface area (Å²) in [7, 11) is 0. The number of hydrogen-bond donors (Lipinski definition) is 3. The SMILES string of the molecule is CC(=O)NC(C)C(=O)NNC(=O)c1cc2c(s1)CCC(C)C2. The van der Waals surface area contributed by atoms with Gasteiger partial charge >= 0.3 is 0 Å². The number of carbonyl (C=O) groups excluding carboxylic acids is 3. The third-order valence-electron chi connectivity index (χ3n) is 3.67. The summed E-state index contributed by atoms with van der Waals surface area (Å²) in [6.45, 7) is 5.09. The number of carbonyl (C=O) groups is 3. The molecule has 1 aromatic rings. The van der Waals surface area contributed by atoms with Crippen molar-refractivity contribution in [2.24, 2.45) is 5.92 Å². The fourth-order valence-corrected chi connectivity index (χ4v) is 3.58. The normalized spacial score (nSPS) is 18.0. The molecule has 6 nitrogen and oxygen atoms in total. The van der Waals surface area contributed by atoms with Crippen molar-refractivity contribution in [1.29, 1.82) is 0 Å². The van der Waals surface area contributed by atoms with Crippen LogP contribution >= 0.6 is 11.3 Å². The van der Waals surface area contributed by atoms with E-state index >= 15 is 0 Å². The molecule has 22 heavy (non-hydrogen) atoms. The number of nitrogens with one attached hydrogen (secondary N) is 3. The maximum absolute atomic E-state index is 12.1. The van der Waals surface area contributed by atoms with Gasteiger partial charge in [-0.25, -0.2) is 0 Å². The number of amides is 3. The van der Waals surface area contributed by atoms with Gasteiger partial charge in [-0.1, -0.05) is 6.92 Å². The summed E-state index contributed by atoms with van der Waals surface area (Å²) in [4.78, 5) is 36.6. The van der Waals surface area contributed by atoms with Crippen LogP contribution in [-0.4, -0.2) is 23.8 Å². The molecule has 0 radical (unpaired) electrons. The van der Waals surface area contributed by atoms with Gasteiger partial charge < -0.3 is 5.32 Å². The standard InChI is InChI=1S/C15H21N3O3S/c1-8-4-5-12-11(6-8)7-13(22-12)15(21)18-17-14(20)9(2)16-10(3)19/h7-9H,4-6H2,1-3H3,(H,16,19)(H,17,20)(H,18,21). The Balaban J connectivity index is 1.90. The van der Waals surface area contributed by atoms with Crippen LogP contribution in [0.1, 0.15) is 47.3 Å². The lowest BCUT2D eigenvalue weighted by atomic mass is 9.90. The predicted octanol–water partition coefficient (Wildman–Crippen LogP) is 1.16. The summed E-state index contributed by atoms with van der Waals surface area (Å²) in [5, 5.41) is 2.45. The quantitative estimate of drug-likeness (QED) is 0.730.